The van der Waals surface area contributed by atoms with Gasteiger partial charge in [-0.3, -0.25) is 4.79 Å². The fraction of sp³-hybridized carbons (Fsp3) is 0.227. The van der Waals surface area contributed by atoms with Gasteiger partial charge in [0.15, 0.2) is 11.5 Å². The van der Waals surface area contributed by atoms with Crippen LogP contribution in [0.15, 0.2) is 47.2 Å². The van der Waals surface area contributed by atoms with Gasteiger partial charge in [-0.15, -0.1) is 11.3 Å². The Kier molecular flexibility index (Phi) is 7.51. The normalized spacial score (nSPS) is 12.0. The molecule has 0 bridgehead atoms. The Morgan fingerprint density at radius 2 is 1.87 bits per heavy atom. The SMILES string of the molecule is COc1cc(/C=C/C(=O)NCc2ccc(C(O)c3ccsc3)s2)cc(OC)c1OC. The molecule has 0 spiro atoms. The third kappa shape index (κ3) is 5.21. The maximum atomic E-state index is 12.2. The van der Waals surface area contributed by atoms with E-state index in [0.29, 0.717) is 23.8 Å². The van der Waals surface area contributed by atoms with Crippen LogP contribution in [-0.4, -0.2) is 32.3 Å². The van der Waals surface area contributed by atoms with Gasteiger partial charge in [-0.2, -0.15) is 11.3 Å². The summed E-state index contributed by atoms with van der Waals surface area (Å²) in [6.07, 6.45) is 2.50. The predicted octanol–water partition coefficient (Wildman–Crippen LogP) is 4.25. The molecule has 1 aromatic carbocycles. The second kappa shape index (κ2) is 10.3. The maximum absolute atomic E-state index is 12.2. The van der Waals surface area contributed by atoms with Crippen LogP contribution in [0.3, 0.4) is 0 Å². The lowest BCUT2D eigenvalue weighted by Crippen LogP contribution is -2.19. The zero-order valence-corrected chi connectivity index (χ0v) is 18.5. The van der Waals surface area contributed by atoms with Crippen molar-refractivity contribution in [2.24, 2.45) is 0 Å². The highest BCUT2D eigenvalue weighted by molar-refractivity contribution is 7.12. The van der Waals surface area contributed by atoms with Crippen LogP contribution in [0.5, 0.6) is 17.2 Å². The third-order valence-electron chi connectivity index (χ3n) is 4.36. The van der Waals surface area contributed by atoms with Crippen molar-refractivity contribution in [3.63, 3.8) is 0 Å². The molecule has 30 heavy (non-hydrogen) atoms. The minimum absolute atomic E-state index is 0.225. The summed E-state index contributed by atoms with van der Waals surface area (Å²) in [7, 11) is 4.63. The van der Waals surface area contributed by atoms with Crippen molar-refractivity contribution in [3.8, 4) is 17.2 Å². The lowest BCUT2D eigenvalue weighted by Gasteiger charge is -2.12. The zero-order chi connectivity index (χ0) is 21.5. The summed E-state index contributed by atoms with van der Waals surface area (Å²) in [4.78, 5) is 14.0. The summed E-state index contributed by atoms with van der Waals surface area (Å²) in [6.45, 7) is 0.388. The molecular weight excluding hydrogens is 422 g/mol. The van der Waals surface area contributed by atoms with E-state index in [9.17, 15) is 9.90 Å². The Hall–Kier alpha value is -2.81. The van der Waals surface area contributed by atoms with Crippen molar-refractivity contribution >= 4 is 34.7 Å². The number of aliphatic hydroxyl groups is 1. The van der Waals surface area contributed by atoms with Gasteiger partial charge >= 0.3 is 0 Å². The average molecular weight is 446 g/mol. The Bertz CT molecular complexity index is 985. The lowest BCUT2D eigenvalue weighted by atomic mass is 10.1. The van der Waals surface area contributed by atoms with E-state index in [-0.39, 0.29) is 5.91 Å². The van der Waals surface area contributed by atoms with Crippen LogP contribution in [0.1, 0.15) is 27.0 Å². The second-order valence-corrected chi connectivity index (χ2v) is 8.25. The number of rotatable bonds is 9. The van der Waals surface area contributed by atoms with Crippen molar-refractivity contribution in [3.05, 3.63) is 68.0 Å². The largest absolute Gasteiger partial charge is 0.493 e. The standard InChI is InChI=1S/C22H23NO5S2/c1-26-17-10-14(11-18(27-2)22(17)28-3)4-7-20(24)23-12-16-5-6-19(30-16)21(25)15-8-9-29-13-15/h4-11,13,21,25H,12H2,1-3H3,(H,23,24)/b7-4+. The Morgan fingerprint density at radius 1 is 1.13 bits per heavy atom. The molecule has 158 valence electrons. The smallest absolute Gasteiger partial charge is 0.244 e. The number of hydrogen-bond donors (Lipinski definition) is 2. The second-order valence-electron chi connectivity index (χ2n) is 6.27. The number of hydrogen-bond acceptors (Lipinski definition) is 7. The van der Waals surface area contributed by atoms with Crippen molar-refractivity contribution < 1.29 is 24.1 Å². The molecule has 2 heterocycles. The van der Waals surface area contributed by atoms with E-state index in [0.717, 1.165) is 20.9 Å². The van der Waals surface area contributed by atoms with Crippen LogP contribution < -0.4 is 19.5 Å². The predicted molar refractivity (Wildman–Crippen MR) is 120 cm³/mol. The van der Waals surface area contributed by atoms with Gasteiger partial charge in [-0.1, -0.05) is 0 Å². The fourth-order valence-corrected chi connectivity index (χ4v) is 4.48. The van der Waals surface area contributed by atoms with Crippen LogP contribution >= 0.6 is 22.7 Å². The first kappa shape index (κ1) is 21.9. The number of amides is 1. The molecule has 0 saturated carbocycles. The molecule has 2 N–H and O–H groups in total. The topological polar surface area (TPSA) is 77.0 Å². The van der Waals surface area contributed by atoms with Crippen LogP contribution in [0.25, 0.3) is 6.08 Å². The van der Waals surface area contributed by atoms with Crippen LogP contribution in [0, 0.1) is 0 Å². The monoisotopic (exact) mass is 445 g/mol. The Balaban J connectivity index is 1.60. The van der Waals surface area contributed by atoms with E-state index >= 15 is 0 Å². The van der Waals surface area contributed by atoms with Crippen LogP contribution in [-0.2, 0) is 11.3 Å². The van der Waals surface area contributed by atoms with E-state index < -0.39 is 6.10 Å². The molecule has 0 fully saturated rings. The fourth-order valence-electron chi connectivity index (χ4n) is 2.83. The molecule has 0 saturated heterocycles. The summed E-state index contributed by atoms with van der Waals surface area (Å²) in [5.41, 5.74) is 1.63. The quantitative estimate of drug-likeness (QED) is 0.482. The molecule has 1 amide bonds. The highest BCUT2D eigenvalue weighted by Gasteiger charge is 2.14. The van der Waals surface area contributed by atoms with Gasteiger partial charge in [0.2, 0.25) is 11.7 Å². The van der Waals surface area contributed by atoms with E-state index in [4.69, 9.17) is 14.2 Å². The first-order valence-corrected chi connectivity index (χ1v) is 10.9. The number of benzene rings is 1. The molecule has 3 aromatic rings. The number of nitrogens with one attached hydrogen (secondary N) is 1. The molecule has 2 aromatic heterocycles. The molecule has 0 aliphatic carbocycles. The highest BCUT2D eigenvalue weighted by Crippen LogP contribution is 2.38. The van der Waals surface area contributed by atoms with Crippen LogP contribution in [0.2, 0.25) is 0 Å². The van der Waals surface area contributed by atoms with E-state index in [2.05, 4.69) is 5.32 Å². The van der Waals surface area contributed by atoms with Crippen molar-refractivity contribution in [2.45, 2.75) is 12.6 Å². The summed E-state index contributed by atoms with van der Waals surface area (Å²) in [5, 5.41) is 17.1. The molecule has 8 heteroatoms. The summed E-state index contributed by atoms with van der Waals surface area (Å²) in [5.74, 6) is 1.32. The van der Waals surface area contributed by atoms with Gasteiger partial charge in [0.05, 0.1) is 27.9 Å². The number of carbonyl (C=O) groups is 1. The van der Waals surface area contributed by atoms with E-state index in [1.165, 1.54) is 17.4 Å². The van der Waals surface area contributed by atoms with Gasteiger partial charge in [0, 0.05) is 15.8 Å². The molecule has 0 aliphatic rings. The third-order valence-corrected chi connectivity index (χ3v) is 6.20. The molecule has 0 aliphatic heterocycles. The summed E-state index contributed by atoms with van der Waals surface area (Å²) < 4.78 is 15.9. The van der Waals surface area contributed by atoms with Gasteiger partial charge in [0.25, 0.3) is 0 Å². The van der Waals surface area contributed by atoms with E-state index in [1.54, 1.807) is 50.9 Å². The van der Waals surface area contributed by atoms with Gasteiger partial charge in [-0.25, -0.2) is 0 Å². The van der Waals surface area contributed by atoms with Crippen molar-refractivity contribution in [1.29, 1.82) is 0 Å². The number of thiophene rings is 2. The first-order valence-electron chi connectivity index (χ1n) is 9.10. The van der Waals surface area contributed by atoms with Gasteiger partial charge < -0.3 is 24.6 Å². The number of carbonyl (C=O) groups excluding carboxylic acids is 1. The number of methoxy groups -OCH3 is 3. The minimum Gasteiger partial charge on any atom is -0.493 e. The van der Waals surface area contributed by atoms with Gasteiger partial charge in [0.1, 0.15) is 6.10 Å². The number of aliphatic hydroxyl groups excluding tert-OH is 1. The molecule has 6 nitrogen and oxygen atoms in total. The molecule has 3 rings (SSSR count). The molecule has 1 unspecified atom stereocenters. The average Bonchev–Trinajstić information content (AvgIpc) is 3.47. The molecular formula is C22H23NO5S2. The van der Waals surface area contributed by atoms with E-state index in [1.807, 2.05) is 29.0 Å². The van der Waals surface area contributed by atoms with Crippen molar-refractivity contribution in [1.82, 2.24) is 5.32 Å². The Labute approximate surface area is 183 Å². The minimum atomic E-state index is -0.634. The summed E-state index contributed by atoms with van der Waals surface area (Å²) >= 11 is 3.03. The highest BCUT2D eigenvalue weighted by atomic mass is 32.1. The van der Waals surface area contributed by atoms with Gasteiger partial charge in [-0.05, 0) is 58.3 Å². The first-order chi connectivity index (χ1) is 14.5. The molecule has 0 radical (unpaired) electrons. The lowest BCUT2D eigenvalue weighted by molar-refractivity contribution is -0.116. The van der Waals surface area contributed by atoms with Crippen LogP contribution in [0.4, 0.5) is 0 Å². The zero-order valence-electron chi connectivity index (χ0n) is 16.9. The Morgan fingerprint density at radius 3 is 2.47 bits per heavy atom. The summed E-state index contributed by atoms with van der Waals surface area (Å²) in [6, 6.07) is 9.24. The maximum Gasteiger partial charge on any atom is 0.244 e. The number of ether oxygens (including phenoxy) is 3. The van der Waals surface area contributed by atoms with Crippen molar-refractivity contribution in [2.75, 3.05) is 21.3 Å². The molecule has 1 atom stereocenters.